The number of anilines is 1. The molecule has 7 nitrogen and oxygen atoms in total. The molecular weight excluding hydrogens is 390 g/mol. The topological polar surface area (TPSA) is 86.5 Å². The minimum absolute atomic E-state index is 0.181. The van der Waals surface area contributed by atoms with Gasteiger partial charge in [-0.2, -0.15) is 0 Å². The van der Waals surface area contributed by atoms with Crippen molar-refractivity contribution in [1.82, 2.24) is 10.2 Å². The molecule has 1 N–H and O–H groups in total. The molecular formula is C21H23N3O4S. The summed E-state index contributed by atoms with van der Waals surface area (Å²) in [6.07, 6.45) is 0. The van der Waals surface area contributed by atoms with Crippen LogP contribution in [-0.2, 0) is 4.79 Å². The van der Waals surface area contributed by atoms with Crippen molar-refractivity contribution in [2.24, 2.45) is 0 Å². The molecule has 1 amide bonds. The number of ether oxygens (including phenoxy) is 2. The molecule has 1 heterocycles. The van der Waals surface area contributed by atoms with Gasteiger partial charge in [0.25, 0.3) is 5.22 Å². The third-order valence-corrected chi connectivity index (χ3v) is 5.01. The zero-order valence-electron chi connectivity index (χ0n) is 16.8. The van der Waals surface area contributed by atoms with Gasteiger partial charge in [0.2, 0.25) is 11.8 Å². The molecule has 8 heteroatoms. The number of hydrogen-bond acceptors (Lipinski definition) is 7. The molecule has 0 saturated heterocycles. The van der Waals surface area contributed by atoms with Gasteiger partial charge in [0.05, 0.1) is 24.7 Å². The fourth-order valence-corrected chi connectivity index (χ4v) is 3.28. The van der Waals surface area contributed by atoms with Crippen LogP contribution < -0.4 is 14.8 Å². The maximum atomic E-state index is 12.6. The molecule has 0 fully saturated rings. The number of benzene rings is 2. The lowest BCUT2D eigenvalue weighted by Gasteiger charge is -2.13. The van der Waals surface area contributed by atoms with Crippen molar-refractivity contribution >= 4 is 23.4 Å². The van der Waals surface area contributed by atoms with E-state index in [4.69, 9.17) is 13.9 Å². The van der Waals surface area contributed by atoms with Gasteiger partial charge in [0.1, 0.15) is 11.5 Å². The molecule has 0 unspecified atom stereocenters. The second-order valence-electron chi connectivity index (χ2n) is 6.28. The highest BCUT2D eigenvalue weighted by molar-refractivity contribution is 8.00. The Labute approximate surface area is 173 Å². The Morgan fingerprint density at radius 3 is 2.66 bits per heavy atom. The van der Waals surface area contributed by atoms with Crippen molar-refractivity contribution in [2.45, 2.75) is 31.2 Å². The average Bonchev–Trinajstić information content (AvgIpc) is 3.17. The van der Waals surface area contributed by atoms with Crippen LogP contribution in [0.25, 0.3) is 11.5 Å². The van der Waals surface area contributed by atoms with E-state index in [9.17, 15) is 4.79 Å². The summed E-state index contributed by atoms with van der Waals surface area (Å²) in [5.74, 6) is 1.60. The molecule has 0 radical (unpaired) electrons. The third-order valence-electron chi connectivity index (χ3n) is 4.08. The van der Waals surface area contributed by atoms with Crippen molar-refractivity contribution in [3.63, 3.8) is 0 Å². The van der Waals surface area contributed by atoms with Crippen LogP contribution in [0.1, 0.15) is 19.4 Å². The van der Waals surface area contributed by atoms with Crippen LogP contribution in [0.2, 0.25) is 0 Å². The van der Waals surface area contributed by atoms with Crippen LogP contribution in [0.3, 0.4) is 0 Å². The Morgan fingerprint density at radius 1 is 1.21 bits per heavy atom. The van der Waals surface area contributed by atoms with Crippen molar-refractivity contribution in [2.75, 3.05) is 19.0 Å². The maximum absolute atomic E-state index is 12.6. The van der Waals surface area contributed by atoms with E-state index in [2.05, 4.69) is 15.5 Å². The van der Waals surface area contributed by atoms with Crippen LogP contribution in [0.4, 0.5) is 5.69 Å². The van der Waals surface area contributed by atoms with E-state index in [0.717, 1.165) is 16.9 Å². The molecule has 29 heavy (non-hydrogen) atoms. The Morgan fingerprint density at radius 2 is 1.97 bits per heavy atom. The first-order chi connectivity index (χ1) is 14.0. The molecule has 3 rings (SSSR count). The number of hydrogen-bond donors (Lipinski definition) is 1. The van der Waals surface area contributed by atoms with Gasteiger partial charge < -0.3 is 19.2 Å². The summed E-state index contributed by atoms with van der Waals surface area (Å²) in [6, 6.07) is 13.0. The first kappa shape index (κ1) is 20.7. The van der Waals surface area contributed by atoms with Crippen molar-refractivity contribution < 1.29 is 18.7 Å². The average molecular weight is 413 g/mol. The van der Waals surface area contributed by atoms with E-state index in [1.165, 1.54) is 11.8 Å². The monoisotopic (exact) mass is 413 g/mol. The molecule has 0 aliphatic rings. The lowest BCUT2D eigenvalue weighted by molar-refractivity contribution is -0.115. The second kappa shape index (κ2) is 9.47. The third kappa shape index (κ3) is 5.29. The molecule has 0 spiro atoms. The van der Waals surface area contributed by atoms with Crippen molar-refractivity contribution in [3.05, 3.63) is 48.0 Å². The summed E-state index contributed by atoms with van der Waals surface area (Å²) < 4.78 is 16.4. The van der Waals surface area contributed by atoms with E-state index in [-0.39, 0.29) is 5.91 Å². The standard InChI is InChI=1S/C21H23N3O4S/c1-5-27-16-9-7-15(8-10-16)20-23-24-21(28-20)29-14(3)19(25)22-17-12-13(2)6-11-18(17)26-4/h6-12,14H,5H2,1-4H3,(H,22,25)/t14-/m1/s1. The normalized spacial score (nSPS) is 11.7. The summed E-state index contributed by atoms with van der Waals surface area (Å²) >= 11 is 1.20. The number of carbonyl (C=O) groups excluding carboxylic acids is 1. The molecule has 2 aromatic carbocycles. The largest absolute Gasteiger partial charge is 0.495 e. The van der Waals surface area contributed by atoms with Crippen LogP contribution in [0.5, 0.6) is 11.5 Å². The zero-order valence-corrected chi connectivity index (χ0v) is 17.6. The minimum Gasteiger partial charge on any atom is -0.495 e. The number of rotatable bonds is 8. The van der Waals surface area contributed by atoms with Crippen LogP contribution in [-0.4, -0.2) is 35.1 Å². The lowest BCUT2D eigenvalue weighted by Crippen LogP contribution is -2.22. The number of methoxy groups -OCH3 is 1. The van der Waals surface area contributed by atoms with Crippen LogP contribution in [0.15, 0.2) is 52.1 Å². The Kier molecular flexibility index (Phi) is 6.77. The van der Waals surface area contributed by atoms with Crippen LogP contribution in [0, 0.1) is 6.92 Å². The summed E-state index contributed by atoms with van der Waals surface area (Å²) in [7, 11) is 1.57. The van der Waals surface area contributed by atoms with Gasteiger partial charge in [-0.1, -0.05) is 17.8 Å². The number of amides is 1. The fourth-order valence-electron chi connectivity index (χ4n) is 2.59. The molecule has 3 aromatic rings. The number of nitrogens with one attached hydrogen (secondary N) is 1. The summed E-state index contributed by atoms with van der Waals surface area (Å²) in [4.78, 5) is 12.6. The molecule has 1 aromatic heterocycles. The predicted octanol–water partition coefficient (Wildman–Crippen LogP) is 4.57. The molecule has 0 aliphatic heterocycles. The van der Waals surface area contributed by atoms with Crippen molar-refractivity contribution in [3.8, 4) is 23.0 Å². The van der Waals surface area contributed by atoms with Crippen molar-refractivity contribution in [1.29, 1.82) is 0 Å². The van der Waals surface area contributed by atoms with Gasteiger partial charge in [-0.3, -0.25) is 4.79 Å². The fraction of sp³-hybridized carbons (Fsp3) is 0.286. The van der Waals surface area contributed by atoms with E-state index in [1.807, 2.05) is 56.3 Å². The number of nitrogens with zero attached hydrogens (tertiary/aromatic N) is 2. The molecule has 152 valence electrons. The van der Waals surface area contributed by atoms with Gasteiger partial charge in [-0.15, -0.1) is 10.2 Å². The minimum atomic E-state index is -0.436. The summed E-state index contributed by atoms with van der Waals surface area (Å²) in [6.45, 7) is 6.27. The van der Waals surface area contributed by atoms with E-state index in [1.54, 1.807) is 14.0 Å². The van der Waals surface area contributed by atoms with Crippen LogP contribution >= 0.6 is 11.8 Å². The van der Waals surface area contributed by atoms with E-state index < -0.39 is 5.25 Å². The SMILES string of the molecule is CCOc1ccc(-c2nnc(S[C@H](C)C(=O)Nc3cc(C)ccc3OC)o2)cc1. The Bertz CT molecular complexity index is 972. The smallest absolute Gasteiger partial charge is 0.277 e. The lowest BCUT2D eigenvalue weighted by atomic mass is 10.2. The number of aryl methyl sites for hydroxylation is 1. The molecule has 0 aliphatic carbocycles. The molecule has 0 saturated carbocycles. The van der Waals surface area contributed by atoms with E-state index >= 15 is 0 Å². The van der Waals surface area contributed by atoms with Gasteiger partial charge in [0.15, 0.2) is 0 Å². The predicted molar refractivity (Wildman–Crippen MR) is 113 cm³/mol. The van der Waals surface area contributed by atoms with Gasteiger partial charge in [-0.05, 0) is 62.7 Å². The summed E-state index contributed by atoms with van der Waals surface area (Å²) in [5.41, 5.74) is 2.44. The highest BCUT2D eigenvalue weighted by atomic mass is 32.2. The second-order valence-corrected chi connectivity index (χ2v) is 7.58. The zero-order chi connectivity index (χ0) is 20.8. The highest BCUT2D eigenvalue weighted by Crippen LogP contribution is 2.29. The van der Waals surface area contributed by atoms with E-state index in [0.29, 0.717) is 29.2 Å². The number of carbonyl (C=O) groups is 1. The maximum Gasteiger partial charge on any atom is 0.277 e. The van der Waals surface area contributed by atoms with Gasteiger partial charge >= 0.3 is 0 Å². The molecule has 1 atom stereocenters. The first-order valence-electron chi connectivity index (χ1n) is 9.19. The van der Waals surface area contributed by atoms with Gasteiger partial charge in [0, 0.05) is 5.56 Å². The number of aromatic nitrogens is 2. The quantitative estimate of drug-likeness (QED) is 0.541. The van der Waals surface area contributed by atoms with Gasteiger partial charge in [-0.25, -0.2) is 0 Å². The molecule has 0 bridgehead atoms. The Balaban J connectivity index is 1.64. The highest BCUT2D eigenvalue weighted by Gasteiger charge is 2.20. The first-order valence-corrected chi connectivity index (χ1v) is 10.1. The number of thioether (sulfide) groups is 1. The summed E-state index contributed by atoms with van der Waals surface area (Å²) in [5, 5.41) is 10.9. The Hall–Kier alpha value is -3.00.